The lowest BCUT2D eigenvalue weighted by Crippen LogP contribution is -2.42. The van der Waals surface area contributed by atoms with Crippen LogP contribution < -0.4 is 5.32 Å². The highest BCUT2D eigenvalue weighted by molar-refractivity contribution is 5.22. The normalized spacial score (nSPS) is 15.3. The van der Waals surface area contributed by atoms with E-state index < -0.39 is 0 Å². The van der Waals surface area contributed by atoms with Crippen molar-refractivity contribution < 1.29 is 4.74 Å². The van der Waals surface area contributed by atoms with E-state index in [-0.39, 0.29) is 17.6 Å². The van der Waals surface area contributed by atoms with Crippen molar-refractivity contribution in [3.05, 3.63) is 29.6 Å². The molecule has 19 heavy (non-hydrogen) atoms. The van der Waals surface area contributed by atoms with E-state index in [1.165, 1.54) is 11.1 Å². The van der Waals surface area contributed by atoms with E-state index in [0.29, 0.717) is 0 Å². The number of aryl methyl sites for hydroxylation is 1. The summed E-state index contributed by atoms with van der Waals surface area (Å²) >= 11 is 0. The molecule has 1 heterocycles. The van der Waals surface area contributed by atoms with Crippen LogP contribution in [0.3, 0.4) is 0 Å². The van der Waals surface area contributed by atoms with E-state index in [0.717, 1.165) is 13.2 Å². The fraction of sp³-hybridized carbons (Fsp3) is 0.688. The third-order valence-electron chi connectivity index (χ3n) is 3.18. The van der Waals surface area contributed by atoms with E-state index in [1.807, 2.05) is 12.4 Å². The molecule has 1 aromatic rings. The lowest BCUT2D eigenvalue weighted by Gasteiger charge is -2.37. The van der Waals surface area contributed by atoms with E-state index in [9.17, 15) is 0 Å². The second kappa shape index (κ2) is 7.01. The molecule has 0 aliphatic carbocycles. The zero-order chi connectivity index (χ0) is 14.5. The summed E-state index contributed by atoms with van der Waals surface area (Å²) in [6.07, 6.45) is 3.96. The minimum atomic E-state index is 0.0760. The Morgan fingerprint density at radius 1 is 1.26 bits per heavy atom. The quantitative estimate of drug-likeness (QED) is 0.854. The Bertz CT molecular complexity index is 385. The molecule has 0 spiro atoms. The average Bonchev–Trinajstić information content (AvgIpc) is 2.32. The number of aromatic nitrogens is 1. The van der Waals surface area contributed by atoms with Crippen molar-refractivity contribution in [2.24, 2.45) is 5.41 Å². The van der Waals surface area contributed by atoms with Crippen LogP contribution in [-0.4, -0.2) is 24.2 Å². The number of nitrogens with one attached hydrogen (secondary N) is 1. The fourth-order valence-corrected chi connectivity index (χ4v) is 2.39. The van der Waals surface area contributed by atoms with Crippen LogP contribution in [0.5, 0.6) is 0 Å². The molecule has 0 aliphatic rings. The summed E-state index contributed by atoms with van der Waals surface area (Å²) < 4.78 is 6.03. The molecule has 0 amide bonds. The summed E-state index contributed by atoms with van der Waals surface area (Å²) in [5.74, 6) is 0. The molecule has 0 saturated heterocycles. The number of hydrogen-bond donors (Lipinski definition) is 1. The van der Waals surface area contributed by atoms with Gasteiger partial charge in [0.1, 0.15) is 0 Å². The Morgan fingerprint density at radius 2 is 1.95 bits per heavy atom. The van der Waals surface area contributed by atoms with Crippen molar-refractivity contribution in [3.63, 3.8) is 0 Å². The Labute approximate surface area is 117 Å². The number of nitrogens with zero attached hydrogens (tertiary/aromatic N) is 1. The van der Waals surface area contributed by atoms with Crippen molar-refractivity contribution in [2.75, 3.05) is 13.2 Å². The molecular formula is C16H28N2O. The molecule has 0 fully saturated rings. The minimum absolute atomic E-state index is 0.0760. The van der Waals surface area contributed by atoms with Crippen LogP contribution in [0.25, 0.3) is 0 Å². The van der Waals surface area contributed by atoms with Crippen LogP contribution in [0.15, 0.2) is 18.5 Å². The predicted octanol–water partition coefficient (Wildman–Crippen LogP) is 3.49. The van der Waals surface area contributed by atoms with Gasteiger partial charge in [0.05, 0.1) is 12.1 Å². The van der Waals surface area contributed by atoms with Crippen LogP contribution in [-0.2, 0) is 4.74 Å². The van der Waals surface area contributed by atoms with E-state index in [2.05, 4.69) is 57.9 Å². The van der Waals surface area contributed by atoms with E-state index >= 15 is 0 Å². The number of likely N-dealkylation sites (N-methyl/N-ethyl adjacent to an activating group) is 1. The first kappa shape index (κ1) is 16.1. The van der Waals surface area contributed by atoms with Crippen molar-refractivity contribution in [3.8, 4) is 0 Å². The van der Waals surface area contributed by atoms with Gasteiger partial charge in [-0.05, 0) is 36.9 Å². The van der Waals surface area contributed by atoms with Crippen LogP contribution in [0.2, 0.25) is 0 Å². The van der Waals surface area contributed by atoms with Crippen molar-refractivity contribution >= 4 is 0 Å². The molecule has 0 aliphatic heterocycles. The van der Waals surface area contributed by atoms with Gasteiger partial charge >= 0.3 is 0 Å². The highest BCUT2D eigenvalue weighted by Gasteiger charge is 2.33. The lowest BCUT2D eigenvalue weighted by molar-refractivity contribution is -0.0363. The number of hydrogen-bond acceptors (Lipinski definition) is 3. The Morgan fingerprint density at radius 3 is 2.42 bits per heavy atom. The molecule has 0 bridgehead atoms. The zero-order valence-electron chi connectivity index (χ0n) is 13.2. The molecule has 2 atom stereocenters. The Balaban J connectivity index is 3.09. The Kier molecular flexibility index (Phi) is 5.95. The largest absolute Gasteiger partial charge is 0.376 e. The van der Waals surface area contributed by atoms with Gasteiger partial charge in [-0.1, -0.05) is 33.8 Å². The summed E-state index contributed by atoms with van der Waals surface area (Å²) in [6.45, 7) is 14.6. The molecule has 108 valence electrons. The van der Waals surface area contributed by atoms with E-state index in [4.69, 9.17) is 4.74 Å². The smallest absolute Gasteiger partial charge is 0.0818 e. The zero-order valence-corrected chi connectivity index (χ0v) is 13.2. The number of rotatable bonds is 6. The van der Waals surface area contributed by atoms with Crippen LogP contribution in [0.4, 0.5) is 0 Å². The van der Waals surface area contributed by atoms with Crippen molar-refractivity contribution in [2.45, 2.75) is 53.7 Å². The molecule has 1 rings (SSSR count). The van der Waals surface area contributed by atoms with Gasteiger partial charge in [-0.15, -0.1) is 0 Å². The summed E-state index contributed by atoms with van der Waals surface area (Å²) in [5, 5.41) is 3.55. The van der Waals surface area contributed by atoms with Gasteiger partial charge in [0.25, 0.3) is 0 Å². The third-order valence-corrected chi connectivity index (χ3v) is 3.18. The van der Waals surface area contributed by atoms with Gasteiger partial charge in [-0.25, -0.2) is 0 Å². The summed E-state index contributed by atoms with van der Waals surface area (Å²) in [5.41, 5.74) is 2.46. The molecule has 2 unspecified atom stereocenters. The van der Waals surface area contributed by atoms with Gasteiger partial charge in [0.2, 0.25) is 0 Å². The van der Waals surface area contributed by atoms with Crippen molar-refractivity contribution in [1.29, 1.82) is 0 Å². The first-order valence-corrected chi connectivity index (χ1v) is 7.16. The predicted molar refractivity (Wildman–Crippen MR) is 80.3 cm³/mol. The number of ether oxygens (including phenoxy) is 1. The van der Waals surface area contributed by atoms with Gasteiger partial charge in [0, 0.05) is 19.0 Å². The first-order valence-electron chi connectivity index (χ1n) is 7.16. The van der Waals surface area contributed by atoms with Crippen LogP contribution >= 0.6 is 0 Å². The molecule has 3 heteroatoms. The molecule has 0 saturated carbocycles. The molecule has 1 N–H and O–H groups in total. The highest BCUT2D eigenvalue weighted by Crippen LogP contribution is 2.32. The van der Waals surface area contributed by atoms with Crippen molar-refractivity contribution in [1.82, 2.24) is 10.3 Å². The second-order valence-corrected chi connectivity index (χ2v) is 6.07. The van der Waals surface area contributed by atoms with Gasteiger partial charge in [0.15, 0.2) is 0 Å². The average molecular weight is 264 g/mol. The standard InChI is InChI=1S/C16H28N2O/c1-7-18-14(13-9-12(3)10-17-11-13)15(19-8-2)16(4,5)6/h9-11,14-15,18H,7-8H2,1-6H3. The van der Waals surface area contributed by atoms with Crippen LogP contribution in [0, 0.1) is 12.3 Å². The monoisotopic (exact) mass is 264 g/mol. The second-order valence-electron chi connectivity index (χ2n) is 6.07. The topological polar surface area (TPSA) is 34.2 Å². The Hall–Kier alpha value is -0.930. The maximum absolute atomic E-state index is 6.03. The number of pyridine rings is 1. The minimum Gasteiger partial charge on any atom is -0.376 e. The SMILES string of the molecule is CCNC(c1cncc(C)c1)C(OCC)C(C)(C)C. The first-order chi connectivity index (χ1) is 8.90. The molecule has 0 aromatic carbocycles. The molecule has 1 aromatic heterocycles. The fourth-order valence-electron chi connectivity index (χ4n) is 2.39. The van der Waals surface area contributed by atoms with Crippen LogP contribution in [0.1, 0.15) is 51.8 Å². The lowest BCUT2D eigenvalue weighted by atomic mass is 9.82. The molecule has 3 nitrogen and oxygen atoms in total. The maximum atomic E-state index is 6.03. The third kappa shape index (κ3) is 4.59. The van der Waals surface area contributed by atoms with Gasteiger partial charge < -0.3 is 10.1 Å². The van der Waals surface area contributed by atoms with Gasteiger partial charge in [-0.3, -0.25) is 4.98 Å². The summed E-state index contributed by atoms with van der Waals surface area (Å²) in [7, 11) is 0. The highest BCUT2D eigenvalue weighted by atomic mass is 16.5. The molecule has 0 radical (unpaired) electrons. The molecular weight excluding hydrogens is 236 g/mol. The van der Waals surface area contributed by atoms with E-state index in [1.54, 1.807) is 0 Å². The summed E-state index contributed by atoms with van der Waals surface area (Å²) in [6, 6.07) is 2.37. The van der Waals surface area contributed by atoms with Gasteiger partial charge in [-0.2, -0.15) is 0 Å². The maximum Gasteiger partial charge on any atom is 0.0818 e. The summed E-state index contributed by atoms with van der Waals surface area (Å²) in [4.78, 5) is 4.32.